The van der Waals surface area contributed by atoms with E-state index >= 15 is 0 Å². The van der Waals surface area contributed by atoms with Crippen molar-refractivity contribution < 1.29 is 4.79 Å². The van der Waals surface area contributed by atoms with Crippen molar-refractivity contribution in [2.24, 2.45) is 5.73 Å². The van der Waals surface area contributed by atoms with Crippen molar-refractivity contribution in [2.45, 2.75) is 13.0 Å². The lowest BCUT2D eigenvalue weighted by atomic mass is 10.1. The molecule has 1 unspecified atom stereocenters. The fourth-order valence-electron chi connectivity index (χ4n) is 1.72. The predicted molar refractivity (Wildman–Crippen MR) is 83.2 cm³/mol. The smallest absolute Gasteiger partial charge is 0.245 e. The van der Waals surface area contributed by atoms with Crippen LogP contribution in [0.25, 0.3) is 0 Å². The third-order valence-corrected chi connectivity index (χ3v) is 3.65. The zero-order chi connectivity index (χ0) is 14.7. The Balaban J connectivity index is 2.11. The van der Waals surface area contributed by atoms with Gasteiger partial charge in [0.25, 0.3) is 0 Å². The second-order valence-electron chi connectivity index (χ2n) is 4.51. The molecule has 0 aliphatic carbocycles. The topological polar surface area (TPSA) is 55.1 Å². The monoisotopic (exact) mass is 308 g/mol. The maximum Gasteiger partial charge on any atom is 0.245 e. The normalized spacial score (nSPS) is 12.0. The highest BCUT2D eigenvalue weighted by Gasteiger charge is 2.16. The molecule has 0 spiro atoms. The summed E-state index contributed by atoms with van der Waals surface area (Å²) in [6, 6.07) is 11.7. The fraction of sp³-hybridized carbons (Fsp3) is 0.133. The van der Waals surface area contributed by atoms with Crippen molar-refractivity contribution in [3.63, 3.8) is 0 Å². The molecule has 0 saturated heterocycles. The summed E-state index contributed by atoms with van der Waals surface area (Å²) in [5.41, 5.74) is 8.37. The number of carbonyl (C=O) groups is 1. The number of amides is 1. The Hall–Kier alpha value is -1.55. The van der Waals surface area contributed by atoms with Gasteiger partial charge < -0.3 is 11.1 Å². The molecule has 0 fully saturated rings. The van der Waals surface area contributed by atoms with Crippen LogP contribution in [0.5, 0.6) is 0 Å². The van der Waals surface area contributed by atoms with E-state index in [2.05, 4.69) is 5.32 Å². The molecular formula is C15H14Cl2N2O. The molecule has 1 atom stereocenters. The van der Waals surface area contributed by atoms with Crippen molar-refractivity contribution in [3.05, 3.63) is 63.6 Å². The first-order valence-electron chi connectivity index (χ1n) is 6.05. The van der Waals surface area contributed by atoms with E-state index in [0.29, 0.717) is 15.7 Å². The number of rotatable bonds is 3. The van der Waals surface area contributed by atoms with Gasteiger partial charge in [-0.15, -0.1) is 0 Å². The Kier molecular flexibility index (Phi) is 4.65. The summed E-state index contributed by atoms with van der Waals surface area (Å²) < 4.78 is 0. The average Bonchev–Trinajstić information content (AvgIpc) is 2.43. The number of benzene rings is 2. The van der Waals surface area contributed by atoms with E-state index in [1.807, 2.05) is 31.2 Å². The van der Waals surface area contributed by atoms with Crippen LogP contribution < -0.4 is 11.1 Å². The van der Waals surface area contributed by atoms with Crippen LogP contribution in [0.4, 0.5) is 5.69 Å². The molecule has 0 aliphatic heterocycles. The first kappa shape index (κ1) is 14.9. The van der Waals surface area contributed by atoms with Gasteiger partial charge in [-0.25, -0.2) is 0 Å². The van der Waals surface area contributed by atoms with Crippen LogP contribution in [0.1, 0.15) is 17.2 Å². The van der Waals surface area contributed by atoms with Crippen LogP contribution >= 0.6 is 23.2 Å². The SMILES string of the molecule is Cc1ccc(C(N)C(=O)Nc2ccc(Cl)c(Cl)c2)cc1. The van der Waals surface area contributed by atoms with Crippen molar-refractivity contribution in [3.8, 4) is 0 Å². The predicted octanol–water partition coefficient (Wildman–Crippen LogP) is 3.94. The van der Waals surface area contributed by atoms with Crippen LogP contribution in [-0.2, 0) is 4.79 Å². The highest BCUT2D eigenvalue weighted by atomic mass is 35.5. The summed E-state index contributed by atoms with van der Waals surface area (Å²) in [6.07, 6.45) is 0. The molecule has 2 aromatic carbocycles. The number of carbonyl (C=O) groups excluding carboxylic acids is 1. The van der Waals surface area contributed by atoms with Gasteiger partial charge in [0, 0.05) is 5.69 Å². The van der Waals surface area contributed by atoms with Gasteiger partial charge in [-0.1, -0.05) is 53.0 Å². The van der Waals surface area contributed by atoms with Crippen molar-refractivity contribution in [2.75, 3.05) is 5.32 Å². The van der Waals surface area contributed by atoms with Crippen LogP contribution in [0.15, 0.2) is 42.5 Å². The van der Waals surface area contributed by atoms with Crippen molar-refractivity contribution in [1.82, 2.24) is 0 Å². The average molecular weight is 309 g/mol. The highest BCUT2D eigenvalue weighted by Crippen LogP contribution is 2.25. The third kappa shape index (κ3) is 3.51. The summed E-state index contributed by atoms with van der Waals surface area (Å²) >= 11 is 11.7. The molecular weight excluding hydrogens is 295 g/mol. The number of halogens is 2. The van der Waals surface area contributed by atoms with E-state index in [-0.39, 0.29) is 5.91 Å². The van der Waals surface area contributed by atoms with Crippen molar-refractivity contribution >= 4 is 34.8 Å². The maximum absolute atomic E-state index is 12.1. The Morgan fingerprint density at radius 3 is 2.35 bits per heavy atom. The van der Waals surface area contributed by atoms with E-state index in [9.17, 15) is 4.79 Å². The van der Waals surface area contributed by atoms with Crippen LogP contribution in [-0.4, -0.2) is 5.91 Å². The van der Waals surface area contributed by atoms with E-state index in [4.69, 9.17) is 28.9 Å². The van der Waals surface area contributed by atoms with Crippen LogP contribution in [0.3, 0.4) is 0 Å². The largest absolute Gasteiger partial charge is 0.324 e. The van der Waals surface area contributed by atoms with Crippen molar-refractivity contribution in [1.29, 1.82) is 0 Å². The number of hydrogen-bond acceptors (Lipinski definition) is 2. The molecule has 2 aromatic rings. The maximum atomic E-state index is 12.1. The minimum absolute atomic E-state index is 0.299. The molecule has 5 heteroatoms. The minimum atomic E-state index is -0.731. The van der Waals surface area contributed by atoms with Crippen LogP contribution in [0, 0.1) is 6.92 Å². The van der Waals surface area contributed by atoms with Gasteiger partial charge in [0.15, 0.2) is 0 Å². The summed E-state index contributed by atoms with van der Waals surface area (Å²) in [6.45, 7) is 1.98. The molecule has 0 aromatic heterocycles. The van der Waals surface area contributed by atoms with Gasteiger partial charge in [-0.2, -0.15) is 0 Å². The molecule has 104 valence electrons. The zero-order valence-electron chi connectivity index (χ0n) is 10.9. The zero-order valence-corrected chi connectivity index (χ0v) is 12.4. The Labute approximate surface area is 127 Å². The number of hydrogen-bond donors (Lipinski definition) is 2. The van der Waals surface area contributed by atoms with Gasteiger partial charge in [-0.05, 0) is 30.7 Å². The third-order valence-electron chi connectivity index (χ3n) is 2.91. The molecule has 3 nitrogen and oxygen atoms in total. The summed E-state index contributed by atoms with van der Waals surface area (Å²) in [5, 5.41) is 3.54. The summed E-state index contributed by atoms with van der Waals surface area (Å²) in [5.74, 6) is -0.299. The number of anilines is 1. The fourth-order valence-corrected chi connectivity index (χ4v) is 2.02. The Morgan fingerprint density at radius 2 is 1.75 bits per heavy atom. The molecule has 1 amide bonds. The number of nitrogens with two attached hydrogens (primary N) is 1. The molecule has 0 heterocycles. The second-order valence-corrected chi connectivity index (χ2v) is 5.32. The van der Waals surface area contributed by atoms with Gasteiger partial charge in [0.2, 0.25) is 5.91 Å². The van der Waals surface area contributed by atoms with E-state index in [0.717, 1.165) is 11.1 Å². The molecule has 0 aliphatic rings. The van der Waals surface area contributed by atoms with Gasteiger partial charge >= 0.3 is 0 Å². The number of aryl methyl sites for hydroxylation is 1. The molecule has 0 saturated carbocycles. The lowest BCUT2D eigenvalue weighted by molar-refractivity contribution is -0.117. The molecule has 0 radical (unpaired) electrons. The lowest BCUT2D eigenvalue weighted by Crippen LogP contribution is -2.27. The van der Waals surface area contributed by atoms with Gasteiger partial charge in [0.05, 0.1) is 10.0 Å². The van der Waals surface area contributed by atoms with Gasteiger partial charge in [-0.3, -0.25) is 4.79 Å². The summed E-state index contributed by atoms with van der Waals surface area (Å²) in [7, 11) is 0. The van der Waals surface area contributed by atoms with Crippen LogP contribution in [0.2, 0.25) is 10.0 Å². The summed E-state index contributed by atoms with van der Waals surface area (Å²) in [4.78, 5) is 12.1. The number of nitrogens with one attached hydrogen (secondary N) is 1. The second kappa shape index (κ2) is 6.27. The molecule has 20 heavy (non-hydrogen) atoms. The molecule has 3 N–H and O–H groups in total. The van der Waals surface area contributed by atoms with E-state index < -0.39 is 6.04 Å². The Bertz CT molecular complexity index is 626. The van der Waals surface area contributed by atoms with E-state index in [1.165, 1.54) is 0 Å². The quantitative estimate of drug-likeness (QED) is 0.902. The first-order valence-corrected chi connectivity index (χ1v) is 6.81. The van der Waals surface area contributed by atoms with Gasteiger partial charge in [0.1, 0.15) is 6.04 Å². The minimum Gasteiger partial charge on any atom is -0.324 e. The molecule has 2 rings (SSSR count). The first-order chi connectivity index (χ1) is 9.47. The highest BCUT2D eigenvalue weighted by molar-refractivity contribution is 6.42. The molecule has 0 bridgehead atoms. The lowest BCUT2D eigenvalue weighted by Gasteiger charge is -2.13. The van der Waals surface area contributed by atoms with E-state index in [1.54, 1.807) is 18.2 Å². The Morgan fingerprint density at radius 1 is 1.10 bits per heavy atom. The standard InChI is InChI=1S/C15H14Cl2N2O/c1-9-2-4-10(5-3-9)14(18)15(20)19-11-6-7-12(16)13(17)8-11/h2-8,14H,18H2,1H3,(H,19,20).